The van der Waals surface area contributed by atoms with Crippen molar-refractivity contribution in [2.24, 2.45) is 0 Å². The second kappa shape index (κ2) is 16.2. The molecule has 336 valence electrons. The van der Waals surface area contributed by atoms with Crippen molar-refractivity contribution in [3.8, 4) is 69.0 Å². The Kier molecular flexibility index (Phi) is 10.6. The summed E-state index contributed by atoms with van der Waals surface area (Å²) < 4.78 is 74.0. The van der Waals surface area contributed by atoms with Gasteiger partial charge in [0.15, 0.2) is 72.4 Å². The van der Waals surface area contributed by atoms with Crippen molar-refractivity contribution in [3.63, 3.8) is 0 Å². The number of carboxylic acids is 4. The lowest BCUT2D eigenvalue weighted by Gasteiger charge is -2.35. The number of hydrogen-bond donors (Lipinski definition) is 4. The molecule has 5 aliphatic rings. The fraction of sp³-hybridized carbons (Fsp3) is 0.364. The van der Waals surface area contributed by atoms with Crippen LogP contribution in [0.4, 0.5) is 0 Å². The summed E-state index contributed by atoms with van der Waals surface area (Å²) in [6.07, 6.45) is 0. The summed E-state index contributed by atoms with van der Waals surface area (Å²) in [5.74, 6) is -7.43. The van der Waals surface area contributed by atoms with Gasteiger partial charge >= 0.3 is 23.9 Å². The van der Waals surface area contributed by atoms with Gasteiger partial charge in [-0.1, -0.05) is 27.7 Å². The standard InChI is InChI=1S/C44H40O20/c1-17-21-5-23-18(2)25-7-27-20(4)28-8-26-19(3)24-6-22(17)34-42(54-10-30(47)48)36(24)60-15-62-38(26)44(56-12-32(51)52)40(28)64-16-63-39(27)43(55-11-31(49)50)37(25)61-14-59-35(23)41(53-9-29(45)46)33(21)57-13-58-34/h5-8,17-20H,9-16H2,1-4H3,(H,45,46)(H,47,48)(H,49,50)(H,51,52). The molecule has 4 aromatic rings. The van der Waals surface area contributed by atoms with Gasteiger partial charge in [-0.25, -0.2) is 19.2 Å². The molecule has 1 aliphatic carbocycles. The van der Waals surface area contributed by atoms with Crippen LogP contribution in [0.5, 0.6) is 69.0 Å². The van der Waals surface area contributed by atoms with Gasteiger partial charge in [0.25, 0.3) is 0 Å². The highest BCUT2D eigenvalue weighted by Crippen LogP contribution is 2.60. The second-order valence-corrected chi connectivity index (χ2v) is 15.4. The van der Waals surface area contributed by atoms with E-state index in [0.29, 0.717) is 44.5 Å². The molecular formula is C44H40O20. The molecule has 4 N–H and O–H groups in total. The Balaban J connectivity index is 1.43. The van der Waals surface area contributed by atoms with E-state index in [-0.39, 0.29) is 69.0 Å². The van der Waals surface area contributed by atoms with E-state index in [1.165, 1.54) is 0 Å². The maximum Gasteiger partial charge on any atom is 0.341 e. The van der Waals surface area contributed by atoms with E-state index >= 15 is 0 Å². The van der Waals surface area contributed by atoms with Gasteiger partial charge in [-0.2, -0.15) is 0 Å². The summed E-state index contributed by atoms with van der Waals surface area (Å²) in [5, 5.41) is 39.2. The lowest BCUT2D eigenvalue weighted by atomic mass is 9.79. The summed E-state index contributed by atoms with van der Waals surface area (Å²) in [6, 6.07) is 7.33. The average Bonchev–Trinajstić information content (AvgIpc) is 3.23. The Labute approximate surface area is 362 Å². The van der Waals surface area contributed by atoms with Gasteiger partial charge in [0.1, 0.15) is 0 Å². The molecule has 0 amide bonds. The number of aliphatic carboxylic acids is 4. The topological polar surface area (TPSA) is 260 Å². The maximum absolute atomic E-state index is 12.0. The Bertz CT molecular complexity index is 2160. The molecule has 0 radical (unpaired) electrons. The Morgan fingerprint density at radius 2 is 0.531 bits per heavy atom. The van der Waals surface area contributed by atoms with Crippen LogP contribution in [0.2, 0.25) is 0 Å². The summed E-state index contributed by atoms with van der Waals surface area (Å²) in [4.78, 5) is 48.1. The first-order valence-electron chi connectivity index (χ1n) is 20.0. The third-order valence-corrected chi connectivity index (χ3v) is 11.7. The smallest absolute Gasteiger partial charge is 0.341 e. The number of ether oxygens (including phenoxy) is 12. The maximum atomic E-state index is 12.0. The van der Waals surface area contributed by atoms with Crippen molar-refractivity contribution in [1.29, 1.82) is 0 Å². The molecule has 0 saturated carbocycles. The summed E-state index contributed by atoms with van der Waals surface area (Å²) in [6.45, 7) is 2.16. The molecule has 4 aliphatic heterocycles. The number of rotatable bonds is 12. The van der Waals surface area contributed by atoms with E-state index < -0.39 is 101 Å². The monoisotopic (exact) mass is 888 g/mol. The molecule has 0 spiro atoms. The minimum atomic E-state index is -1.28. The molecule has 0 atom stereocenters. The molecule has 4 aromatic carbocycles. The Hall–Kier alpha value is -7.64. The average molecular weight is 889 g/mol. The second-order valence-electron chi connectivity index (χ2n) is 15.4. The first kappa shape index (κ1) is 41.7. The van der Waals surface area contributed by atoms with E-state index in [9.17, 15) is 39.6 Å². The highest BCUT2D eigenvalue weighted by molar-refractivity contribution is 5.76. The van der Waals surface area contributed by atoms with Crippen LogP contribution >= 0.6 is 0 Å². The normalized spacial score (nSPS) is 19.2. The number of benzene rings is 4. The van der Waals surface area contributed by atoms with Crippen LogP contribution in [0.1, 0.15) is 95.9 Å². The van der Waals surface area contributed by atoms with Crippen molar-refractivity contribution in [2.75, 3.05) is 53.6 Å². The largest absolute Gasteiger partial charge is 0.479 e. The molecule has 64 heavy (non-hydrogen) atoms. The Morgan fingerprint density at radius 1 is 0.375 bits per heavy atom. The van der Waals surface area contributed by atoms with E-state index in [2.05, 4.69) is 0 Å². The van der Waals surface area contributed by atoms with Gasteiger partial charge in [0.05, 0.1) is 0 Å². The van der Waals surface area contributed by atoms with E-state index in [0.717, 1.165) is 0 Å². The van der Waals surface area contributed by atoms with Crippen LogP contribution < -0.4 is 56.8 Å². The third-order valence-electron chi connectivity index (χ3n) is 11.7. The molecule has 20 heteroatoms. The minimum absolute atomic E-state index is 0.0585. The van der Waals surface area contributed by atoms with Crippen molar-refractivity contribution in [3.05, 3.63) is 68.8 Å². The van der Waals surface area contributed by atoms with E-state index in [4.69, 9.17) is 56.8 Å². The van der Waals surface area contributed by atoms with E-state index in [1.54, 1.807) is 0 Å². The van der Waals surface area contributed by atoms with Gasteiger partial charge in [0.2, 0.25) is 50.2 Å². The minimum Gasteiger partial charge on any atom is -0.479 e. The van der Waals surface area contributed by atoms with Crippen LogP contribution in [0, 0.1) is 0 Å². The first-order chi connectivity index (χ1) is 30.7. The Morgan fingerprint density at radius 3 is 0.672 bits per heavy atom. The van der Waals surface area contributed by atoms with Crippen molar-refractivity contribution in [1.82, 2.24) is 0 Å². The molecule has 4 heterocycles. The molecule has 0 aromatic heterocycles. The predicted octanol–water partition coefficient (Wildman–Crippen LogP) is 5.38. The van der Waals surface area contributed by atoms with Gasteiger partial charge in [-0.05, 0) is 24.3 Å². The number of carbonyl (C=O) groups is 4. The zero-order valence-corrected chi connectivity index (χ0v) is 34.6. The highest BCUT2D eigenvalue weighted by atomic mass is 16.7. The van der Waals surface area contributed by atoms with Gasteiger partial charge < -0.3 is 77.3 Å². The number of carboxylic acid groups (broad SMARTS) is 4. The first-order valence-corrected chi connectivity index (χ1v) is 20.0. The van der Waals surface area contributed by atoms with Crippen molar-refractivity contribution in [2.45, 2.75) is 51.4 Å². The van der Waals surface area contributed by atoms with Crippen molar-refractivity contribution >= 4 is 23.9 Å². The summed E-state index contributed by atoms with van der Waals surface area (Å²) in [7, 11) is 0. The fourth-order valence-corrected chi connectivity index (χ4v) is 8.74. The van der Waals surface area contributed by atoms with Crippen LogP contribution in [-0.4, -0.2) is 97.9 Å². The SMILES string of the molecule is CC1c2cc3c4c(OCC(=O)O)c2OCOc2c1cc1c(c2OCC(=O)O)OCOc2c(cc5c(c2OCC(=O)O)OCOc2c(cc(c(c2OCC(=O)O)OCO4)C3C)C5C)C1C. The molecule has 0 unspecified atom stereocenters. The van der Waals surface area contributed by atoms with Gasteiger partial charge in [-0.15, -0.1) is 0 Å². The lowest BCUT2D eigenvalue weighted by molar-refractivity contribution is -0.140. The predicted molar refractivity (Wildman–Crippen MR) is 213 cm³/mol. The molecule has 8 bridgehead atoms. The molecular weight excluding hydrogens is 848 g/mol. The lowest BCUT2D eigenvalue weighted by Crippen LogP contribution is -2.24. The molecule has 0 fully saturated rings. The third kappa shape index (κ3) is 7.03. The van der Waals surface area contributed by atoms with E-state index in [1.807, 2.05) is 52.0 Å². The fourth-order valence-electron chi connectivity index (χ4n) is 8.74. The zero-order valence-electron chi connectivity index (χ0n) is 34.6. The quantitative estimate of drug-likeness (QED) is 0.139. The molecule has 20 nitrogen and oxygen atoms in total. The summed E-state index contributed by atoms with van der Waals surface area (Å²) in [5.41, 5.74) is 3.89. The van der Waals surface area contributed by atoms with Crippen LogP contribution in [0.15, 0.2) is 24.3 Å². The highest BCUT2D eigenvalue weighted by Gasteiger charge is 2.41. The molecule has 9 rings (SSSR count). The van der Waals surface area contributed by atoms with Crippen LogP contribution in [-0.2, 0) is 19.2 Å². The number of hydrogen-bond acceptors (Lipinski definition) is 16. The van der Waals surface area contributed by atoms with Crippen LogP contribution in [0.25, 0.3) is 0 Å². The molecule has 0 saturated heterocycles. The van der Waals surface area contributed by atoms with Crippen LogP contribution in [0.3, 0.4) is 0 Å². The summed E-state index contributed by atoms with van der Waals surface area (Å²) >= 11 is 0. The van der Waals surface area contributed by atoms with Gasteiger partial charge in [0, 0.05) is 68.2 Å². The van der Waals surface area contributed by atoms with Gasteiger partial charge in [-0.3, -0.25) is 0 Å². The zero-order chi connectivity index (χ0) is 45.1. The van der Waals surface area contributed by atoms with Crippen molar-refractivity contribution < 1.29 is 96.4 Å².